The first-order valence-electron chi connectivity index (χ1n) is 9.69. The normalized spacial score (nSPS) is 11.5. The number of carbonyl (C=O) groups is 1. The van der Waals surface area contributed by atoms with Crippen molar-refractivity contribution in [3.8, 4) is 10.8 Å². The minimum Gasteiger partial charge on any atom is -0.465 e. The molecule has 4 aromatic heterocycles. The van der Waals surface area contributed by atoms with Crippen LogP contribution in [0.3, 0.4) is 0 Å². The summed E-state index contributed by atoms with van der Waals surface area (Å²) < 4.78 is 10.6. The fraction of sp³-hybridized carbons (Fsp3) is 0.350. The first kappa shape index (κ1) is 21.3. The van der Waals surface area contributed by atoms with E-state index in [-0.39, 0.29) is 5.56 Å². The van der Waals surface area contributed by atoms with Gasteiger partial charge >= 0.3 is 5.97 Å². The molecule has 0 radical (unpaired) electrons. The molecular weight excluding hydrogens is 438 g/mol. The quantitative estimate of drug-likeness (QED) is 0.398. The maximum absolute atomic E-state index is 12.7. The number of aromatic nitrogens is 4. The van der Waals surface area contributed by atoms with E-state index in [2.05, 4.69) is 32.0 Å². The summed E-state index contributed by atoms with van der Waals surface area (Å²) in [4.78, 5) is 36.0. The van der Waals surface area contributed by atoms with Crippen LogP contribution in [0.2, 0.25) is 0 Å². The van der Waals surface area contributed by atoms with Gasteiger partial charge in [-0.05, 0) is 36.9 Å². The molecule has 0 bridgehead atoms. The number of methoxy groups -OCH3 is 1. The molecule has 0 fully saturated rings. The smallest absolute Gasteiger partial charge is 0.348 e. The van der Waals surface area contributed by atoms with Crippen molar-refractivity contribution in [1.29, 1.82) is 0 Å². The highest BCUT2D eigenvalue weighted by Gasteiger charge is 2.21. The van der Waals surface area contributed by atoms with Crippen molar-refractivity contribution in [2.75, 3.05) is 13.7 Å². The Labute approximate surface area is 185 Å². The molecule has 9 nitrogen and oxygen atoms in total. The number of aryl methyl sites for hydroxylation is 1. The Morgan fingerprint density at radius 2 is 2.16 bits per heavy atom. The Hall–Kier alpha value is -2.89. The predicted molar refractivity (Wildman–Crippen MR) is 118 cm³/mol. The van der Waals surface area contributed by atoms with E-state index in [1.807, 2.05) is 17.5 Å². The van der Waals surface area contributed by atoms with Crippen molar-refractivity contribution in [2.45, 2.75) is 33.4 Å². The Kier molecular flexibility index (Phi) is 6.25. The summed E-state index contributed by atoms with van der Waals surface area (Å²) in [6, 6.07) is 3.87. The van der Waals surface area contributed by atoms with Gasteiger partial charge in [0.25, 0.3) is 11.4 Å². The van der Waals surface area contributed by atoms with Gasteiger partial charge in [0.15, 0.2) is 0 Å². The third kappa shape index (κ3) is 4.43. The van der Waals surface area contributed by atoms with Gasteiger partial charge in [-0.15, -0.1) is 32.9 Å². The summed E-state index contributed by atoms with van der Waals surface area (Å²) in [6.45, 7) is 5.40. The molecule has 0 amide bonds. The van der Waals surface area contributed by atoms with Gasteiger partial charge in [-0.2, -0.15) is 0 Å². The van der Waals surface area contributed by atoms with Gasteiger partial charge in [0, 0.05) is 0 Å². The lowest BCUT2D eigenvalue weighted by atomic mass is 10.2. The number of rotatable bonds is 8. The zero-order chi connectivity index (χ0) is 22.0. The molecule has 0 spiro atoms. The van der Waals surface area contributed by atoms with Crippen LogP contribution < -0.4 is 5.56 Å². The highest BCUT2D eigenvalue weighted by molar-refractivity contribution is 7.20. The van der Waals surface area contributed by atoms with Crippen molar-refractivity contribution in [1.82, 2.24) is 25.1 Å². The van der Waals surface area contributed by atoms with E-state index in [0.29, 0.717) is 51.4 Å². The maximum atomic E-state index is 12.7. The number of nitrogens with one attached hydrogen (secondary N) is 1. The zero-order valence-electron chi connectivity index (χ0n) is 17.3. The molecule has 0 saturated carbocycles. The molecule has 1 N–H and O–H groups in total. The van der Waals surface area contributed by atoms with E-state index in [0.717, 1.165) is 17.8 Å². The zero-order valence-corrected chi connectivity index (χ0v) is 18.9. The molecule has 4 heterocycles. The van der Waals surface area contributed by atoms with Crippen LogP contribution in [0.5, 0.6) is 0 Å². The molecule has 0 aliphatic rings. The third-order valence-electron chi connectivity index (χ3n) is 4.69. The maximum Gasteiger partial charge on any atom is 0.348 e. The Bertz CT molecular complexity index is 1260. The topological polar surface area (TPSA) is 114 Å². The molecule has 0 unspecified atom stereocenters. The van der Waals surface area contributed by atoms with E-state index < -0.39 is 5.97 Å². The summed E-state index contributed by atoms with van der Waals surface area (Å²) in [6.07, 6.45) is 0.906. The van der Waals surface area contributed by atoms with E-state index >= 15 is 0 Å². The summed E-state index contributed by atoms with van der Waals surface area (Å²) in [5.41, 5.74) is 0.322. The number of hydrogen-bond acceptors (Lipinski definition) is 10. The van der Waals surface area contributed by atoms with Crippen LogP contribution in [0.4, 0.5) is 0 Å². The SMILES string of the molecule is CCCN(Cc1nc2sc(C(=O)OC)c(C)c2c(=O)[nH]1)Cc1nnc(-c2cccs2)o1. The summed E-state index contributed by atoms with van der Waals surface area (Å²) in [5.74, 6) is 1.05. The first-order valence-corrected chi connectivity index (χ1v) is 11.4. The highest BCUT2D eigenvalue weighted by atomic mass is 32.1. The van der Waals surface area contributed by atoms with E-state index in [9.17, 15) is 9.59 Å². The molecule has 4 aromatic rings. The fourth-order valence-electron chi connectivity index (χ4n) is 3.30. The number of carbonyl (C=O) groups excluding carboxylic acids is 1. The van der Waals surface area contributed by atoms with Crippen LogP contribution in [0.25, 0.3) is 21.0 Å². The Morgan fingerprint density at radius 3 is 2.87 bits per heavy atom. The number of nitrogens with zero attached hydrogens (tertiary/aromatic N) is 4. The largest absolute Gasteiger partial charge is 0.465 e. The average molecular weight is 460 g/mol. The molecule has 0 saturated heterocycles. The van der Waals surface area contributed by atoms with Crippen LogP contribution >= 0.6 is 22.7 Å². The van der Waals surface area contributed by atoms with Crippen molar-refractivity contribution in [3.63, 3.8) is 0 Å². The molecule has 0 aromatic carbocycles. The second kappa shape index (κ2) is 9.08. The molecule has 11 heteroatoms. The van der Waals surface area contributed by atoms with Crippen LogP contribution in [-0.4, -0.2) is 44.7 Å². The summed E-state index contributed by atoms with van der Waals surface area (Å²) >= 11 is 2.71. The number of H-pyrrole nitrogens is 1. The molecule has 31 heavy (non-hydrogen) atoms. The minimum absolute atomic E-state index is 0.266. The lowest BCUT2D eigenvalue weighted by molar-refractivity contribution is 0.0605. The van der Waals surface area contributed by atoms with Gasteiger partial charge in [-0.1, -0.05) is 13.0 Å². The summed E-state index contributed by atoms with van der Waals surface area (Å²) in [5, 5.41) is 10.7. The average Bonchev–Trinajstić information content (AvgIpc) is 3.48. The van der Waals surface area contributed by atoms with Crippen molar-refractivity contribution in [3.05, 3.63) is 50.0 Å². The number of thiophene rings is 2. The summed E-state index contributed by atoms with van der Waals surface area (Å²) in [7, 11) is 1.32. The van der Waals surface area contributed by atoms with Gasteiger partial charge in [0.05, 0.1) is 30.5 Å². The van der Waals surface area contributed by atoms with Crippen LogP contribution in [0.1, 0.15) is 40.3 Å². The Morgan fingerprint density at radius 1 is 1.32 bits per heavy atom. The van der Waals surface area contributed by atoms with E-state index in [1.165, 1.54) is 29.8 Å². The highest BCUT2D eigenvalue weighted by Crippen LogP contribution is 2.28. The lowest BCUT2D eigenvalue weighted by Crippen LogP contribution is -2.26. The molecule has 4 rings (SSSR count). The van der Waals surface area contributed by atoms with Gasteiger partial charge in [0.1, 0.15) is 15.5 Å². The van der Waals surface area contributed by atoms with Crippen molar-refractivity contribution < 1.29 is 13.9 Å². The molecular formula is C20H21N5O4S2. The van der Waals surface area contributed by atoms with Crippen LogP contribution in [0, 0.1) is 6.92 Å². The standard InChI is InChI=1S/C20H21N5O4S2/c1-4-7-25(10-14-23-24-18(29-14)12-6-5-8-30-12)9-13-21-17(26)15-11(2)16(20(27)28-3)31-19(15)22-13/h5-6,8H,4,7,9-10H2,1-3H3,(H,21,22,26). The predicted octanol–water partition coefficient (Wildman–Crippen LogP) is 3.60. The Balaban J connectivity index is 1.58. The van der Waals surface area contributed by atoms with Gasteiger partial charge in [-0.3, -0.25) is 9.69 Å². The molecule has 162 valence electrons. The number of fused-ring (bicyclic) bond motifs is 1. The number of aromatic amines is 1. The van der Waals surface area contributed by atoms with E-state index in [1.54, 1.807) is 6.92 Å². The minimum atomic E-state index is -0.466. The lowest BCUT2D eigenvalue weighted by Gasteiger charge is -2.18. The number of esters is 1. The first-order chi connectivity index (χ1) is 15.0. The van der Waals surface area contributed by atoms with Gasteiger partial charge < -0.3 is 14.1 Å². The van der Waals surface area contributed by atoms with Crippen molar-refractivity contribution >= 4 is 38.9 Å². The molecule has 0 aliphatic carbocycles. The van der Waals surface area contributed by atoms with Gasteiger partial charge in [-0.25, -0.2) is 9.78 Å². The van der Waals surface area contributed by atoms with Crippen LogP contribution in [0.15, 0.2) is 26.7 Å². The fourth-order valence-corrected chi connectivity index (χ4v) is 5.06. The second-order valence-electron chi connectivity index (χ2n) is 6.93. The molecule has 0 aliphatic heterocycles. The van der Waals surface area contributed by atoms with Crippen molar-refractivity contribution in [2.24, 2.45) is 0 Å². The van der Waals surface area contributed by atoms with Crippen LogP contribution in [-0.2, 0) is 17.8 Å². The number of hydrogen-bond donors (Lipinski definition) is 1. The third-order valence-corrected chi connectivity index (χ3v) is 6.71. The van der Waals surface area contributed by atoms with E-state index in [4.69, 9.17) is 9.15 Å². The molecule has 0 atom stereocenters. The second-order valence-corrected chi connectivity index (χ2v) is 8.88. The van der Waals surface area contributed by atoms with Gasteiger partial charge in [0.2, 0.25) is 5.89 Å². The monoisotopic (exact) mass is 459 g/mol. The number of ether oxygens (including phenoxy) is 1.